The molecular weight excluding hydrogens is 418 g/mol. The number of aliphatic hydroxyl groups excluding tert-OH is 1. The molecule has 1 atom stereocenters. The maximum Gasteiger partial charge on any atom is 0.295 e. The molecule has 33 heavy (non-hydrogen) atoms. The molecule has 4 rings (SSSR count). The summed E-state index contributed by atoms with van der Waals surface area (Å²) in [5.74, 6) is -1.02. The Bertz CT molecular complexity index is 1160. The topological polar surface area (TPSA) is 92.6 Å². The van der Waals surface area contributed by atoms with Crippen LogP contribution in [-0.4, -0.2) is 38.3 Å². The van der Waals surface area contributed by atoms with E-state index < -0.39 is 17.7 Å². The van der Waals surface area contributed by atoms with Crippen LogP contribution in [-0.2, 0) is 16.1 Å². The molecule has 7 heteroatoms. The van der Waals surface area contributed by atoms with Crippen LogP contribution in [0.25, 0.3) is 5.76 Å². The number of nitrogens with zero attached hydrogens (tertiary/aromatic N) is 3. The zero-order valence-electron chi connectivity index (χ0n) is 18.3. The van der Waals surface area contributed by atoms with Gasteiger partial charge in [0, 0.05) is 36.9 Å². The van der Waals surface area contributed by atoms with Crippen LogP contribution in [0, 0.1) is 0 Å². The number of carbonyl (C=O) groups excluding carboxylic acids is 2. The Morgan fingerprint density at radius 3 is 2.42 bits per heavy atom. The van der Waals surface area contributed by atoms with Crippen LogP contribution >= 0.6 is 0 Å². The molecule has 0 spiro atoms. The molecule has 1 N–H and O–H groups in total. The van der Waals surface area contributed by atoms with Crippen molar-refractivity contribution in [2.24, 2.45) is 0 Å². The van der Waals surface area contributed by atoms with Gasteiger partial charge in [0.1, 0.15) is 11.5 Å². The first-order valence-electron chi connectivity index (χ1n) is 10.9. The van der Waals surface area contributed by atoms with Gasteiger partial charge in [-0.05, 0) is 53.9 Å². The van der Waals surface area contributed by atoms with Gasteiger partial charge >= 0.3 is 0 Å². The predicted octanol–water partition coefficient (Wildman–Crippen LogP) is 4.28. The first kappa shape index (κ1) is 22.2. The minimum Gasteiger partial charge on any atom is -0.507 e. The third-order valence-electron chi connectivity index (χ3n) is 5.54. The molecule has 7 nitrogen and oxygen atoms in total. The molecule has 0 radical (unpaired) electrons. The number of Topliss-reactive ketones (excluding diaryl/α,β-unsaturated/α-hetero) is 1. The van der Waals surface area contributed by atoms with Gasteiger partial charge in [-0.15, -0.1) is 0 Å². The molecule has 1 aliphatic heterocycles. The maximum atomic E-state index is 13.1. The highest BCUT2D eigenvalue weighted by molar-refractivity contribution is 6.46. The summed E-state index contributed by atoms with van der Waals surface area (Å²) in [6, 6.07) is 13.3. The summed E-state index contributed by atoms with van der Waals surface area (Å²) in [6.45, 7) is 2.85. The molecule has 1 aliphatic rings. The van der Waals surface area contributed by atoms with Crippen molar-refractivity contribution < 1.29 is 19.4 Å². The lowest BCUT2D eigenvalue weighted by molar-refractivity contribution is -0.140. The van der Waals surface area contributed by atoms with Crippen molar-refractivity contribution in [1.82, 2.24) is 14.9 Å². The number of unbranched alkanes of at least 4 members (excludes halogenated alkanes) is 1. The Morgan fingerprint density at radius 1 is 1.03 bits per heavy atom. The quantitative estimate of drug-likeness (QED) is 0.242. The van der Waals surface area contributed by atoms with E-state index in [0.29, 0.717) is 23.5 Å². The molecule has 2 aromatic heterocycles. The van der Waals surface area contributed by atoms with E-state index in [1.165, 1.54) is 4.90 Å². The number of ether oxygens (including phenoxy) is 1. The highest BCUT2D eigenvalue weighted by Crippen LogP contribution is 2.40. The monoisotopic (exact) mass is 443 g/mol. The summed E-state index contributed by atoms with van der Waals surface area (Å²) < 4.78 is 5.75. The minimum absolute atomic E-state index is 0.0472. The zero-order chi connectivity index (χ0) is 23.2. The largest absolute Gasteiger partial charge is 0.507 e. The number of ketones is 1. The van der Waals surface area contributed by atoms with Crippen LogP contribution < -0.4 is 4.74 Å². The first-order chi connectivity index (χ1) is 16.1. The number of hydrogen-bond acceptors (Lipinski definition) is 6. The Balaban J connectivity index is 1.76. The minimum atomic E-state index is -0.745. The number of carbonyl (C=O) groups is 2. The van der Waals surface area contributed by atoms with Gasteiger partial charge in [0.15, 0.2) is 0 Å². The van der Waals surface area contributed by atoms with E-state index in [1.807, 2.05) is 0 Å². The van der Waals surface area contributed by atoms with Crippen LogP contribution in [0.2, 0.25) is 0 Å². The number of amides is 1. The molecule has 1 saturated heterocycles. The second-order valence-corrected chi connectivity index (χ2v) is 7.79. The highest BCUT2D eigenvalue weighted by atomic mass is 16.5. The van der Waals surface area contributed by atoms with Gasteiger partial charge in [-0.25, -0.2) is 0 Å². The molecular formula is C26H25N3O4. The van der Waals surface area contributed by atoms with Gasteiger partial charge in [0.25, 0.3) is 11.7 Å². The van der Waals surface area contributed by atoms with Gasteiger partial charge in [-0.3, -0.25) is 19.6 Å². The number of aromatic nitrogens is 2. The second-order valence-electron chi connectivity index (χ2n) is 7.79. The van der Waals surface area contributed by atoms with Crippen molar-refractivity contribution in [2.45, 2.75) is 32.4 Å². The summed E-state index contributed by atoms with van der Waals surface area (Å²) in [4.78, 5) is 35.7. The summed E-state index contributed by atoms with van der Waals surface area (Å²) >= 11 is 0. The fourth-order valence-corrected chi connectivity index (χ4v) is 3.84. The third-order valence-corrected chi connectivity index (χ3v) is 5.54. The number of rotatable bonds is 8. The van der Waals surface area contributed by atoms with Crippen molar-refractivity contribution in [1.29, 1.82) is 0 Å². The van der Waals surface area contributed by atoms with Crippen molar-refractivity contribution in [3.05, 3.63) is 95.6 Å². The molecule has 1 amide bonds. The standard InChI is InChI=1S/C26H25N3O4/c1-2-3-15-33-21-6-4-5-20(16-21)24(30)22-23(19-9-13-28-14-10-19)29(26(32)25(22)31)17-18-7-11-27-12-8-18/h4-14,16,23,30H,2-3,15,17H2,1H3. The number of pyridine rings is 2. The molecule has 3 heterocycles. The van der Waals surface area contributed by atoms with Crippen LogP contribution in [0.15, 0.2) is 78.9 Å². The van der Waals surface area contributed by atoms with Crippen molar-refractivity contribution >= 4 is 17.4 Å². The van der Waals surface area contributed by atoms with E-state index in [9.17, 15) is 14.7 Å². The fraction of sp³-hybridized carbons (Fsp3) is 0.231. The van der Waals surface area contributed by atoms with Crippen LogP contribution in [0.3, 0.4) is 0 Å². The molecule has 0 bridgehead atoms. The predicted molar refractivity (Wildman–Crippen MR) is 123 cm³/mol. The number of likely N-dealkylation sites (tertiary alicyclic amines) is 1. The van der Waals surface area contributed by atoms with Gasteiger partial charge in [0.2, 0.25) is 0 Å². The maximum absolute atomic E-state index is 13.1. The molecule has 1 unspecified atom stereocenters. The van der Waals surface area contributed by atoms with Gasteiger partial charge in [-0.1, -0.05) is 25.5 Å². The average molecular weight is 444 g/mol. The Morgan fingerprint density at radius 2 is 1.73 bits per heavy atom. The van der Waals surface area contributed by atoms with Gasteiger partial charge in [0.05, 0.1) is 18.2 Å². The lowest BCUT2D eigenvalue weighted by Crippen LogP contribution is -2.29. The summed E-state index contributed by atoms with van der Waals surface area (Å²) in [5, 5.41) is 11.2. The Labute approximate surface area is 192 Å². The van der Waals surface area contributed by atoms with Crippen molar-refractivity contribution in [2.75, 3.05) is 6.61 Å². The summed E-state index contributed by atoms with van der Waals surface area (Å²) in [7, 11) is 0. The number of benzene rings is 1. The molecule has 3 aromatic rings. The number of hydrogen-bond donors (Lipinski definition) is 1. The molecule has 0 saturated carbocycles. The second kappa shape index (κ2) is 10.1. The zero-order valence-corrected chi connectivity index (χ0v) is 18.3. The Kier molecular flexibility index (Phi) is 6.78. The summed E-state index contributed by atoms with van der Waals surface area (Å²) in [5.41, 5.74) is 1.99. The summed E-state index contributed by atoms with van der Waals surface area (Å²) in [6.07, 6.45) is 8.40. The van der Waals surface area contributed by atoms with E-state index in [-0.39, 0.29) is 17.9 Å². The van der Waals surface area contributed by atoms with Crippen molar-refractivity contribution in [3.63, 3.8) is 0 Å². The van der Waals surface area contributed by atoms with Crippen LogP contribution in [0.5, 0.6) is 5.75 Å². The SMILES string of the molecule is CCCCOc1cccc(C(O)=C2C(=O)C(=O)N(Cc3ccncc3)C2c2ccncc2)c1. The van der Waals surface area contributed by atoms with Crippen LogP contribution in [0.1, 0.15) is 42.5 Å². The highest BCUT2D eigenvalue weighted by Gasteiger charge is 2.46. The van der Waals surface area contributed by atoms with E-state index >= 15 is 0 Å². The van der Waals surface area contributed by atoms with E-state index in [1.54, 1.807) is 73.3 Å². The van der Waals surface area contributed by atoms with Gasteiger partial charge < -0.3 is 14.7 Å². The number of aliphatic hydroxyl groups is 1. The normalized spacial score (nSPS) is 17.4. The fourth-order valence-electron chi connectivity index (χ4n) is 3.84. The van der Waals surface area contributed by atoms with Gasteiger partial charge in [-0.2, -0.15) is 0 Å². The molecule has 0 aliphatic carbocycles. The van der Waals surface area contributed by atoms with Crippen molar-refractivity contribution in [3.8, 4) is 5.75 Å². The lowest BCUT2D eigenvalue weighted by atomic mass is 9.95. The molecule has 168 valence electrons. The Hall–Kier alpha value is -4.00. The van der Waals surface area contributed by atoms with E-state index in [4.69, 9.17) is 4.74 Å². The third kappa shape index (κ3) is 4.77. The first-order valence-corrected chi connectivity index (χ1v) is 10.9. The molecule has 1 aromatic carbocycles. The van der Waals surface area contributed by atoms with Crippen LogP contribution in [0.4, 0.5) is 0 Å². The van der Waals surface area contributed by atoms with E-state index in [2.05, 4.69) is 16.9 Å². The average Bonchev–Trinajstić information content (AvgIpc) is 3.10. The smallest absolute Gasteiger partial charge is 0.295 e. The lowest BCUT2D eigenvalue weighted by Gasteiger charge is -2.25. The molecule has 1 fully saturated rings. The van der Waals surface area contributed by atoms with E-state index in [0.717, 1.165) is 18.4 Å².